The Morgan fingerprint density at radius 3 is 2.53 bits per heavy atom. The number of carbonyl (C=O) groups excluding carboxylic acids is 2. The number of halogens is 1. The average molecular weight is 281 g/mol. The molecule has 1 fully saturated rings. The number of primary amides is 1. The van der Waals surface area contributed by atoms with Gasteiger partial charge in [-0.05, 0) is 44.4 Å². The van der Waals surface area contributed by atoms with Crippen molar-refractivity contribution >= 4 is 23.4 Å². The second-order valence-corrected chi connectivity index (χ2v) is 5.27. The van der Waals surface area contributed by atoms with Crippen LogP contribution < -0.4 is 5.73 Å². The first-order valence-corrected chi connectivity index (χ1v) is 6.74. The molecule has 5 heteroatoms. The molecule has 1 aliphatic rings. The van der Waals surface area contributed by atoms with Crippen molar-refractivity contribution in [1.82, 2.24) is 4.90 Å². The summed E-state index contributed by atoms with van der Waals surface area (Å²) >= 11 is 5.99. The standard InChI is InChI=1S/C14H17ClN2O2/c1-3-17(10-4-5-10)14(19)11-7-9(15)6-8(2)12(11)13(16)18/h6-7,10H,3-5H2,1-2H3,(H2,16,18). The Bertz CT molecular complexity index is 538. The predicted octanol–water partition coefficient (Wildman–Crippen LogP) is 2.37. The summed E-state index contributed by atoms with van der Waals surface area (Å²) in [5.74, 6) is -0.756. The Morgan fingerprint density at radius 2 is 2.05 bits per heavy atom. The summed E-state index contributed by atoms with van der Waals surface area (Å²) in [5.41, 5.74) is 6.60. The fraction of sp³-hybridized carbons (Fsp3) is 0.429. The van der Waals surface area contributed by atoms with Gasteiger partial charge in [0.05, 0.1) is 11.1 Å². The molecular weight excluding hydrogens is 264 g/mol. The summed E-state index contributed by atoms with van der Waals surface area (Å²) in [4.78, 5) is 25.9. The maximum absolute atomic E-state index is 12.5. The Kier molecular flexibility index (Phi) is 3.80. The third-order valence-electron chi connectivity index (χ3n) is 3.37. The highest BCUT2D eigenvalue weighted by Crippen LogP contribution is 2.30. The van der Waals surface area contributed by atoms with Gasteiger partial charge in [0, 0.05) is 17.6 Å². The normalized spacial score (nSPS) is 14.3. The SMILES string of the molecule is CCN(C(=O)c1cc(Cl)cc(C)c1C(N)=O)C1CC1. The zero-order valence-electron chi connectivity index (χ0n) is 11.1. The van der Waals surface area contributed by atoms with Crippen LogP contribution in [-0.2, 0) is 0 Å². The van der Waals surface area contributed by atoms with E-state index < -0.39 is 5.91 Å². The van der Waals surface area contributed by atoms with E-state index in [9.17, 15) is 9.59 Å². The molecule has 1 aliphatic carbocycles. The minimum Gasteiger partial charge on any atom is -0.366 e. The zero-order valence-corrected chi connectivity index (χ0v) is 11.8. The number of amides is 2. The number of hydrogen-bond donors (Lipinski definition) is 1. The lowest BCUT2D eigenvalue weighted by molar-refractivity contribution is 0.0747. The van der Waals surface area contributed by atoms with Gasteiger partial charge in [0.1, 0.15) is 0 Å². The van der Waals surface area contributed by atoms with E-state index in [1.807, 2.05) is 6.92 Å². The summed E-state index contributed by atoms with van der Waals surface area (Å²) in [6.45, 7) is 4.28. The van der Waals surface area contributed by atoms with Crippen LogP contribution in [0.3, 0.4) is 0 Å². The zero-order chi connectivity index (χ0) is 14.2. The van der Waals surface area contributed by atoms with Gasteiger partial charge >= 0.3 is 0 Å². The summed E-state index contributed by atoms with van der Waals surface area (Å²) in [7, 11) is 0. The van der Waals surface area contributed by atoms with E-state index in [2.05, 4.69) is 0 Å². The van der Waals surface area contributed by atoms with Gasteiger partial charge in [-0.3, -0.25) is 9.59 Å². The monoisotopic (exact) mass is 280 g/mol. The Balaban J connectivity index is 2.47. The topological polar surface area (TPSA) is 63.4 Å². The molecule has 1 saturated carbocycles. The second-order valence-electron chi connectivity index (χ2n) is 4.83. The maximum atomic E-state index is 12.5. The quantitative estimate of drug-likeness (QED) is 0.920. The van der Waals surface area contributed by atoms with E-state index in [4.69, 9.17) is 17.3 Å². The fourth-order valence-corrected chi connectivity index (χ4v) is 2.62. The summed E-state index contributed by atoms with van der Waals surface area (Å²) in [6.07, 6.45) is 2.04. The molecule has 2 rings (SSSR count). The van der Waals surface area contributed by atoms with Crippen LogP contribution in [0.4, 0.5) is 0 Å². The van der Waals surface area contributed by atoms with Gasteiger partial charge in [0.25, 0.3) is 5.91 Å². The number of benzene rings is 1. The summed E-state index contributed by atoms with van der Waals surface area (Å²) in [6, 6.07) is 3.46. The largest absolute Gasteiger partial charge is 0.366 e. The van der Waals surface area contributed by atoms with Crippen LogP contribution in [0.2, 0.25) is 5.02 Å². The van der Waals surface area contributed by atoms with E-state index in [0.717, 1.165) is 12.8 Å². The van der Waals surface area contributed by atoms with Crippen molar-refractivity contribution in [2.75, 3.05) is 6.54 Å². The van der Waals surface area contributed by atoms with Gasteiger partial charge in [0.15, 0.2) is 0 Å². The smallest absolute Gasteiger partial charge is 0.254 e. The van der Waals surface area contributed by atoms with E-state index >= 15 is 0 Å². The van der Waals surface area contributed by atoms with Crippen molar-refractivity contribution in [2.45, 2.75) is 32.7 Å². The molecule has 1 aromatic carbocycles. The van der Waals surface area contributed by atoms with Gasteiger partial charge in [-0.15, -0.1) is 0 Å². The van der Waals surface area contributed by atoms with Crippen molar-refractivity contribution in [3.63, 3.8) is 0 Å². The highest BCUT2D eigenvalue weighted by Gasteiger charge is 2.33. The first-order valence-electron chi connectivity index (χ1n) is 6.36. The minimum absolute atomic E-state index is 0.163. The first kappa shape index (κ1) is 13.9. The molecule has 1 aromatic rings. The van der Waals surface area contributed by atoms with Crippen LogP contribution in [0.25, 0.3) is 0 Å². The number of carbonyl (C=O) groups is 2. The van der Waals surface area contributed by atoms with E-state index in [-0.39, 0.29) is 17.5 Å². The van der Waals surface area contributed by atoms with Crippen molar-refractivity contribution < 1.29 is 9.59 Å². The predicted molar refractivity (Wildman–Crippen MR) is 74.4 cm³/mol. The molecule has 0 unspecified atom stereocenters. The second kappa shape index (κ2) is 5.21. The molecule has 0 saturated heterocycles. The molecule has 0 radical (unpaired) electrons. The van der Waals surface area contributed by atoms with Gasteiger partial charge in [-0.1, -0.05) is 11.6 Å². The number of rotatable bonds is 4. The van der Waals surface area contributed by atoms with Gasteiger partial charge < -0.3 is 10.6 Å². The fourth-order valence-electron chi connectivity index (χ4n) is 2.35. The highest BCUT2D eigenvalue weighted by molar-refractivity contribution is 6.31. The van der Waals surface area contributed by atoms with Gasteiger partial charge in [-0.25, -0.2) is 0 Å². The minimum atomic E-state index is -0.593. The van der Waals surface area contributed by atoms with E-state index in [1.54, 1.807) is 17.9 Å². The lowest BCUT2D eigenvalue weighted by Gasteiger charge is -2.22. The summed E-state index contributed by atoms with van der Waals surface area (Å²) in [5, 5.41) is 0.442. The van der Waals surface area contributed by atoms with Crippen LogP contribution in [0, 0.1) is 6.92 Å². The Hall–Kier alpha value is -1.55. The van der Waals surface area contributed by atoms with Gasteiger partial charge in [0.2, 0.25) is 5.91 Å². The molecule has 0 aromatic heterocycles. The van der Waals surface area contributed by atoms with Crippen LogP contribution in [0.15, 0.2) is 12.1 Å². The third-order valence-corrected chi connectivity index (χ3v) is 3.58. The molecule has 102 valence electrons. The molecule has 19 heavy (non-hydrogen) atoms. The molecular formula is C14H17ClN2O2. The third kappa shape index (κ3) is 2.73. The molecule has 0 atom stereocenters. The average Bonchev–Trinajstić information content (AvgIpc) is 3.12. The van der Waals surface area contributed by atoms with Crippen molar-refractivity contribution in [1.29, 1.82) is 0 Å². The van der Waals surface area contributed by atoms with Crippen LogP contribution >= 0.6 is 11.6 Å². The lowest BCUT2D eigenvalue weighted by Crippen LogP contribution is -2.34. The van der Waals surface area contributed by atoms with Crippen LogP contribution in [0.5, 0.6) is 0 Å². The molecule has 2 amide bonds. The first-order chi connectivity index (χ1) is 8.95. The molecule has 0 aliphatic heterocycles. The van der Waals surface area contributed by atoms with Crippen LogP contribution in [0.1, 0.15) is 46.0 Å². The van der Waals surface area contributed by atoms with E-state index in [1.165, 1.54) is 6.07 Å². The van der Waals surface area contributed by atoms with Gasteiger partial charge in [-0.2, -0.15) is 0 Å². The Labute approximate surface area is 117 Å². The van der Waals surface area contributed by atoms with Crippen molar-refractivity contribution in [3.05, 3.63) is 33.8 Å². The molecule has 4 nitrogen and oxygen atoms in total. The molecule has 0 bridgehead atoms. The molecule has 0 spiro atoms. The molecule has 2 N–H and O–H groups in total. The molecule has 0 heterocycles. The Morgan fingerprint density at radius 1 is 1.42 bits per heavy atom. The van der Waals surface area contributed by atoms with Crippen molar-refractivity contribution in [2.24, 2.45) is 5.73 Å². The number of nitrogens with zero attached hydrogens (tertiary/aromatic N) is 1. The number of aryl methyl sites for hydroxylation is 1. The summed E-state index contributed by atoms with van der Waals surface area (Å²) < 4.78 is 0. The number of hydrogen-bond acceptors (Lipinski definition) is 2. The highest BCUT2D eigenvalue weighted by atomic mass is 35.5. The van der Waals surface area contributed by atoms with Crippen molar-refractivity contribution in [3.8, 4) is 0 Å². The van der Waals surface area contributed by atoms with Crippen LogP contribution in [-0.4, -0.2) is 29.3 Å². The van der Waals surface area contributed by atoms with E-state index in [0.29, 0.717) is 22.7 Å². The lowest BCUT2D eigenvalue weighted by atomic mass is 10.00. The number of nitrogens with two attached hydrogens (primary N) is 1. The maximum Gasteiger partial charge on any atom is 0.254 e.